The van der Waals surface area contributed by atoms with E-state index in [1.165, 1.54) is 0 Å². The lowest BCUT2D eigenvalue weighted by Gasteiger charge is -2.40. The lowest BCUT2D eigenvalue weighted by atomic mass is 9.86. The highest BCUT2D eigenvalue weighted by Crippen LogP contribution is 2.22. The molecule has 0 atom stereocenters. The van der Waals surface area contributed by atoms with Crippen molar-refractivity contribution in [1.82, 2.24) is 10.2 Å². The highest BCUT2D eigenvalue weighted by atomic mass is 16.4. The summed E-state index contributed by atoms with van der Waals surface area (Å²) in [6.45, 7) is 3.69. The summed E-state index contributed by atoms with van der Waals surface area (Å²) in [4.78, 5) is 14.0. The summed E-state index contributed by atoms with van der Waals surface area (Å²) in [6, 6.07) is 0. The van der Waals surface area contributed by atoms with Crippen LogP contribution in [0.5, 0.6) is 0 Å². The Bertz CT molecular complexity index is 309. The summed E-state index contributed by atoms with van der Waals surface area (Å²) < 4.78 is 0. The van der Waals surface area contributed by atoms with Gasteiger partial charge in [-0.05, 0) is 26.3 Å². The topological polar surface area (TPSA) is 91.0 Å². The van der Waals surface area contributed by atoms with Crippen LogP contribution >= 0.6 is 0 Å². The minimum absolute atomic E-state index is 0.0204. The smallest absolute Gasteiger partial charge is 0.220 e. The molecule has 1 heterocycles. The summed E-state index contributed by atoms with van der Waals surface area (Å²) in [5.41, 5.74) is 5.10. The molecule has 18 heavy (non-hydrogen) atoms. The molecule has 1 saturated heterocycles. The van der Waals surface area contributed by atoms with Gasteiger partial charge in [-0.25, -0.2) is 0 Å². The molecule has 0 radical (unpaired) electrons. The zero-order valence-corrected chi connectivity index (χ0v) is 11.3. The quantitative estimate of drug-likeness (QED) is 0.289. The molecule has 1 aliphatic rings. The standard InChI is InChI=1S/C12H24N4O2/c1-3-4-5-10(17)14-12(11(13)15-18)6-8-16(2)9-7-12/h18H,3-9H2,1-2H3,(H2,13,15)(H,14,17). The van der Waals surface area contributed by atoms with Crippen molar-refractivity contribution in [3.05, 3.63) is 0 Å². The third-order valence-corrected chi connectivity index (χ3v) is 3.57. The van der Waals surface area contributed by atoms with E-state index in [0.717, 1.165) is 25.9 Å². The van der Waals surface area contributed by atoms with Crippen molar-refractivity contribution in [3.8, 4) is 0 Å². The van der Waals surface area contributed by atoms with Crippen molar-refractivity contribution in [2.24, 2.45) is 10.9 Å². The average molecular weight is 256 g/mol. The minimum atomic E-state index is -0.675. The molecule has 0 bridgehead atoms. The van der Waals surface area contributed by atoms with Crippen molar-refractivity contribution in [2.75, 3.05) is 20.1 Å². The number of nitrogens with zero attached hydrogens (tertiary/aromatic N) is 2. The van der Waals surface area contributed by atoms with Gasteiger partial charge in [-0.15, -0.1) is 0 Å². The molecule has 6 nitrogen and oxygen atoms in total. The fraction of sp³-hybridized carbons (Fsp3) is 0.833. The second-order valence-corrected chi connectivity index (χ2v) is 5.02. The van der Waals surface area contributed by atoms with E-state index >= 15 is 0 Å². The highest BCUT2D eigenvalue weighted by Gasteiger charge is 2.39. The van der Waals surface area contributed by atoms with Crippen LogP contribution in [0.25, 0.3) is 0 Å². The first-order valence-electron chi connectivity index (χ1n) is 6.51. The summed E-state index contributed by atoms with van der Waals surface area (Å²) in [6.07, 6.45) is 3.69. The van der Waals surface area contributed by atoms with Crippen molar-refractivity contribution in [1.29, 1.82) is 0 Å². The largest absolute Gasteiger partial charge is 0.409 e. The molecule has 1 fully saturated rings. The predicted octanol–water partition coefficient (Wildman–Crippen LogP) is 0.504. The van der Waals surface area contributed by atoms with E-state index in [1.807, 2.05) is 14.0 Å². The van der Waals surface area contributed by atoms with E-state index in [0.29, 0.717) is 19.3 Å². The van der Waals surface area contributed by atoms with E-state index in [2.05, 4.69) is 15.4 Å². The van der Waals surface area contributed by atoms with Gasteiger partial charge in [-0.2, -0.15) is 0 Å². The molecular weight excluding hydrogens is 232 g/mol. The number of hydrogen-bond donors (Lipinski definition) is 3. The molecule has 0 aromatic carbocycles. The number of piperidine rings is 1. The monoisotopic (exact) mass is 256 g/mol. The number of oxime groups is 1. The first kappa shape index (κ1) is 14.8. The summed E-state index contributed by atoms with van der Waals surface area (Å²) in [5.74, 6) is 0.0912. The Hall–Kier alpha value is -1.30. The number of rotatable bonds is 5. The SMILES string of the molecule is CCCCC(=O)NC1(/C(N)=N/O)CCN(C)CC1. The van der Waals surface area contributed by atoms with Crippen LogP contribution in [0.1, 0.15) is 39.0 Å². The Morgan fingerprint density at radius 1 is 1.50 bits per heavy atom. The lowest BCUT2D eigenvalue weighted by Crippen LogP contribution is -2.62. The molecule has 0 spiro atoms. The van der Waals surface area contributed by atoms with Gasteiger partial charge < -0.3 is 21.2 Å². The molecule has 4 N–H and O–H groups in total. The van der Waals surface area contributed by atoms with Crippen LogP contribution in [0, 0.1) is 0 Å². The Labute approximate surface area is 108 Å². The van der Waals surface area contributed by atoms with Crippen molar-refractivity contribution < 1.29 is 10.0 Å². The third-order valence-electron chi connectivity index (χ3n) is 3.57. The Morgan fingerprint density at radius 2 is 2.11 bits per heavy atom. The molecule has 0 unspecified atom stereocenters. The zero-order chi connectivity index (χ0) is 13.6. The summed E-state index contributed by atoms with van der Waals surface area (Å²) in [5, 5.41) is 15.0. The molecule has 0 saturated carbocycles. The van der Waals surface area contributed by atoms with Gasteiger partial charge in [-0.3, -0.25) is 4.79 Å². The van der Waals surface area contributed by atoms with E-state index in [-0.39, 0.29) is 11.7 Å². The molecule has 1 amide bonds. The summed E-state index contributed by atoms with van der Waals surface area (Å²) >= 11 is 0. The maximum atomic E-state index is 11.9. The molecule has 1 aliphatic heterocycles. The van der Waals surface area contributed by atoms with E-state index in [4.69, 9.17) is 10.9 Å². The number of hydrogen-bond acceptors (Lipinski definition) is 4. The number of nitrogens with one attached hydrogen (secondary N) is 1. The maximum Gasteiger partial charge on any atom is 0.220 e. The van der Waals surface area contributed by atoms with Crippen molar-refractivity contribution in [2.45, 2.75) is 44.6 Å². The second kappa shape index (κ2) is 6.58. The van der Waals surface area contributed by atoms with Crippen LogP contribution < -0.4 is 11.1 Å². The molecule has 0 aliphatic carbocycles. The number of amidine groups is 1. The van der Waals surface area contributed by atoms with Gasteiger partial charge in [0.1, 0.15) is 5.54 Å². The van der Waals surface area contributed by atoms with Crippen LogP contribution in [-0.2, 0) is 4.79 Å². The van der Waals surface area contributed by atoms with Crippen LogP contribution in [-0.4, -0.2) is 47.5 Å². The fourth-order valence-corrected chi connectivity index (χ4v) is 2.21. The number of unbranched alkanes of at least 4 members (excludes halogenated alkanes) is 1. The normalized spacial score (nSPS) is 20.7. The molecular formula is C12H24N4O2. The number of carbonyl (C=O) groups excluding carboxylic acids is 1. The van der Waals surface area contributed by atoms with Crippen molar-refractivity contribution in [3.63, 3.8) is 0 Å². The van der Waals surface area contributed by atoms with Gasteiger partial charge in [0.15, 0.2) is 5.84 Å². The molecule has 0 aromatic heterocycles. The maximum absolute atomic E-state index is 11.9. The zero-order valence-electron chi connectivity index (χ0n) is 11.3. The minimum Gasteiger partial charge on any atom is -0.409 e. The van der Waals surface area contributed by atoms with Gasteiger partial charge in [0.25, 0.3) is 0 Å². The van der Waals surface area contributed by atoms with E-state index in [9.17, 15) is 4.79 Å². The number of likely N-dealkylation sites (tertiary alicyclic amines) is 1. The van der Waals surface area contributed by atoms with Gasteiger partial charge in [0.05, 0.1) is 0 Å². The predicted molar refractivity (Wildman–Crippen MR) is 70.5 cm³/mol. The molecule has 0 aromatic rings. The Morgan fingerprint density at radius 3 is 2.61 bits per heavy atom. The van der Waals surface area contributed by atoms with E-state index in [1.54, 1.807) is 0 Å². The number of amides is 1. The Kier molecular flexibility index (Phi) is 5.40. The van der Waals surface area contributed by atoms with Gasteiger partial charge in [0.2, 0.25) is 5.91 Å². The van der Waals surface area contributed by atoms with Gasteiger partial charge in [-0.1, -0.05) is 18.5 Å². The highest BCUT2D eigenvalue weighted by molar-refractivity contribution is 5.94. The second-order valence-electron chi connectivity index (χ2n) is 5.02. The molecule has 104 valence electrons. The lowest BCUT2D eigenvalue weighted by molar-refractivity contribution is -0.122. The van der Waals surface area contributed by atoms with Crippen LogP contribution in [0.2, 0.25) is 0 Å². The first-order valence-corrected chi connectivity index (χ1v) is 6.51. The van der Waals surface area contributed by atoms with Crippen LogP contribution in [0.3, 0.4) is 0 Å². The van der Waals surface area contributed by atoms with Crippen molar-refractivity contribution >= 4 is 11.7 Å². The summed E-state index contributed by atoms with van der Waals surface area (Å²) in [7, 11) is 2.02. The number of carbonyl (C=O) groups is 1. The van der Waals surface area contributed by atoms with Gasteiger partial charge in [0, 0.05) is 19.5 Å². The number of nitrogens with two attached hydrogens (primary N) is 1. The van der Waals surface area contributed by atoms with Crippen LogP contribution in [0.4, 0.5) is 0 Å². The van der Waals surface area contributed by atoms with Gasteiger partial charge >= 0.3 is 0 Å². The average Bonchev–Trinajstić information content (AvgIpc) is 2.38. The first-order chi connectivity index (χ1) is 8.54. The molecule has 1 rings (SSSR count). The van der Waals surface area contributed by atoms with Crippen LogP contribution in [0.15, 0.2) is 5.16 Å². The molecule has 6 heteroatoms. The third kappa shape index (κ3) is 3.60. The fourth-order valence-electron chi connectivity index (χ4n) is 2.21. The van der Waals surface area contributed by atoms with E-state index < -0.39 is 5.54 Å². The Balaban J connectivity index is 2.70.